The fourth-order valence-corrected chi connectivity index (χ4v) is 2.50. The second-order valence-electron chi connectivity index (χ2n) is 4.50. The predicted molar refractivity (Wildman–Crippen MR) is 76.4 cm³/mol. The summed E-state index contributed by atoms with van der Waals surface area (Å²) < 4.78 is 0. The van der Waals surface area contributed by atoms with Gasteiger partial charge in [0, 0.05) is 10.7 Å². The van der Waals surface area contributed by atoms with Gasteiger partial charge in [0.05, 0.1) is 12.6 Å². The molecule has 0 spiro atoms. The molecule has 0 saturated heterocycles. The number of rotatable bonds is 1. The number of hydrogen-bond donors (Lipinski definition) is 2. The van der Waals surface area contributed by atoms with Crippen molar-refractivity contribution < 1.29 is 4.79 Å². The summed E-state index contributed by atoms with van der Waals surface area (Å²) in [7, 11) is 0. The molecule has 1 aliphatic rings. The number of amides is 1. The normalized spacial score (nSPS) is 18.4. The Morgan fingerprint density at radius 2 is 1.89 bits per heavy atom. The zero-order chi connectivity index (χ0) is 13.2. The molecule has 2 N–H and O–H groups in total. The Labute approximate surface area is 116 Å². The first-order chi connectivity index (χ1) is 9.24. The number of hydrogen-bond acceptors (Lipinski definition) is 2. The van der Waals surface area contributed by atoms with Crippen LogP contribution in [-0.2, 0) is 4.79 Å². The van der Waals surface area contributed by atoms with Crippen molar-refractivity contribution in [1.29, 1.82) is 0 Å². The Kier molecular flexibility index (Phi) is 3.23. The number of anilines is 1. The van der Waals surface area contributed by atoms with Gasteiger partial charge in [0.1, 0.15) is 0 Å². The average Bonchev–Trinajstić information content (AvgIpc) is 2.57. The summed E-state index contributed by atoms with van der Waals surface area (Å²) in [5.74, 6) is -0.0538. The fourth-order valence-electron chi connectivity index (χ4n) is 2.33. The topological polar surface area (TPSA) is 41.1 Å². The maximum absolute atomic E-state index is 11.7. The van der Waals surface area contributed by atoms with E-state index in [-0.39, 0.29) is 18.5 Å². The van der Waals surface area contributed by atoms with Crippen LogP contribution in [0.3, 0.4) is 0 Å². The molecule has 1 atom stereocenters. The van der Waals surface area contributed by atoms with Crippen LogP contribution in [-0.4, -0.2) is 12.5 Å². The third kappa shape index (κ3) is 2.48. The molecule has 3 nitrogen and oxygen atoms in total. The summed E-state index contributed by atoms with van der Waals surface area (Å²) >= 11 is 6.00. The molecule has 0 aliphatic carbocycles. The first-order valence-electron chi connectivity index (χ1n) is 6.11. The zero-order valence-corrected chi connectivity index (χ0v) is 10.9. The van der Waals surface area contributed by atoms with Crippen molar-refractivity contribution in [3.63, 3.8) is 0 Å². The number of fused-ring (bicyclic) bond motifs is 1. The molecule has 0 unspecified atom stereocenters. The highest BCUT2D eigenvalue weighted by atomic mass is 35.5. The molecule has 0 fully saturated rings. The van der Waals surface area contributed by atoms with Gasteiger partial charge in [-0.15, -0.1) is 0 Å². The van der Waals surface area contributed by atoms with E-state index in [2.05, 4.69) is 10.6 Å². The van der Waals surface area contributed by atoms with E-state index in [1.54, 1.807) is 6.07 Å². The lowest BCUT2D eigenvalue weighted by molar-refractivity contribution is -0.115. The highest BCUT2D eigenvalue weighted by molar-refractivity contribution is 6.31. The Balaban J connectivity index is 2.10. The fraction of sp³-hybridized carbons (Fsp3) is 0.133. The lowest BCUT2D eigenvalue weighted by Crippen LogP contribution is -2.27. The first kappa shape index (κ1) is 12.2. The van der Waals surface area contributed by atoms with Crippen molar-refractivity contribution in [3.8, 4) is 0 Å². The molecule has 96 valence electrons. The molecule has 0 aromatic heterocycles. The summed E-state index contributed by atoms with van der Waals surface area (Å²) in [6.07, 6.45) is 0. The average molecular weight is 273 g/mol. The summed E-state index contributed by atoms with van der Waals surface area (Å²) in [6.45, 7) is 0.284. The van der Waals surface area contributed by atoms with Crippen molar-refractivity contribution in [2.75, 3.05) is 11.9 Å². The summed E-state index contributed by atoms with van der Waals surface area (Å²) in [5, 5.41) is 6.76. The molecule has 1 amide bonds. The van der Waals surface area contributed by atoms with Gasteiger partial charge in [-0.2, -0.15) is 0 Å². The number of carbonyl (C=O) groups is 1. The molecule has 1 heterocycles. The van der Waals surface area contributed by atoms with Gasteiger partial charge in [-0.3, -0.25) is 10.1 Å². The lowest BCUT2D eigenvalue weighted by atomic mass is 9.97. The molecule has 0 radical (unpaired) electrons. The lowest BCUT2D eigenvalue weighted by Gasteiger charge is -2.18. The van der Waals surface area contributed by atoms with E-state index >= 15 is 0 Å². The van der Waals surface area contributed by atoms with Gasteiger partial charge >= 0.3 is 0 Å². The molecule has 1 aliphatic heterocycles. The van der Waals surface area contributed by atoms with Gasteiger partial charge in [0.15, 0.2) is 0 Å². The molecular weight excluding hydrogens is 260 g/mol. The summed E-state index contributed by atoms with van der Waals surface area (Å²) in [6, 6.07) is 15.6. The van der Waals surface area contributed by atoms with Crippen LogP contribution in [0, 0.1) is 0 Å². The maximum Gasteiger partial charge on any atom is 0.238 e. The van der Waals surface area contributed by atoms with Crippen molar-refractivity contribution in [3.05, 3.63) is 64.7 Å². The molecule has 2 aromatic carbocycles. The van der Waals surface area contributed by atoms with Gasteiger partial charge in [-0.1, -0.05) is 48.0 Å². The molecule has 0 saturated carbocycles. The minimum Gasteiger partial charge on any atom is -0.325 e. The minimum absolute atomic E-state index is 0.00702. The Morgan fingerprint density at radius 1 is 1.11 bits per heavy atom. The second-order valence-corrected chi connectivity index (χ2v) is 4.94. The van der Waals surface area contributed by atoms with Crippen molar-refractivity contribution in [2.45, 2.75) is 6.04 Å². The van der Waals surface area contributed by atoms with Gasteiger partial charge in [-0.25, -0.2) is 0 Å². The van der Waals surface area contributed by atoms with Crippen molar-refractivity contribution in [1.82, 2.24) is 5.32 Å². The zero-order valence-electron chi connectivity index (χ0n) is 10.2. The highest BCUT2D eigenvalue weighted by Gasteiger charge is 2.22. The van der Waals surface area contributed by atoms with Crippen LogP contribution in [0.5, 0.6) is 0 Å². The van der Waals surface area contributed by atoms with Crippen LogP contribution >= 0.6 is 11.6 Å². The number of benzene rings is 2. The van der Waals surface area contributed by atoms with E-state index in [0.717, 1.165) is 16.8 Å². The summed E-state index contributed by atoms with van der Waals surface area (Å²) in [5.41, 5.74) is 2.93. The standard InChI is InChI=1S/C15H13ClN2O/c16-11-6-7-12-13(8-11)18-14(19)9-17-15(12)10-4-2-1-3-5-10/h1-8,15,17H,9H2,(H,18,19)/t15-/m0/s1. The van der Waals surface area contributed by atoms with Crippen molar-refractivity contribution in [2.24, 2.45) is 0 Å². The second kappa shape index (κ2) is 5.03. The van der Waals surface area contributed by atoms with E-state index < -0.39 is 0 Å². The molecule has 4 heteroatoms. The third-order valence-electron chi connectivity index (χ3n) is 3.20. The van der Waals surface area contributed by atoms with Gasteiger partial charge < -0.3 is 5.32 Å². The minimum atomic E-state index is -0.0538. The molecule has 0 bridgehead atoms. The van der Waals surface area contributed by atoms with Crippen LogP contribution in [0.15, 0.2) is 48.5 Å². The molecule has 2 aromatic rings. The van der Waals surface area contributed by atoms with Gasteiger partial charge in [-0.05, 0) is 23.3 Å². The largest absolute Gasteiger partial charge is 0.325 e. The highest BCUT2D eigenvalue weighted by Crippen LogP contribution is 2.32. The van der Waals surface area contributed by atoms with Crippen LogP contribution < -0.4 is 10.6 Å². The number of halogens is 1. The maximum atomic E-state index is 11.7. The van der Waals surface area contributed by atoms with Crippen LogP contribution in [0.2, 0.25) is 5.02 Å². The Bertz CT molecular complexity index is 613. The monoisotopic (exact) mass is 272 g/mol. The van der Waals surface area contributed by atoms with E-state index in [1.165, 1.54) is 0 Å². The Hall–Kier alpha value is -1.84. The van der Waals surface area contributed by atoms with E-state index in [4.69, 9.17) is 11.6 Å². The third-order valence-corrected chi connectivity index (χ3v) is 3.44. The number of carbonyl (C=O) groups excluding carboxylic acids is 1. The van der Waals surface area contributed by atoms with E-state index in [1.807, 2.05) is 42.5 Å². The SMILES string of the molecule is O=C1CN[C@@H](c2ccccc2)c2ccc(Cl)cc2N1. The predicted octanol–water partition coefficient (Wildman–Crippen LogP) is 2.97. The summed E-state index contributed by atoms with van der Waals surface area (Å²) in [4.78, 5) is 11.7. The van der Waals surface area contributed by atoms with Crippen LogP contribution in [0.4, 0.5) is 5.69 Å². The molecule has 19 heavy (non-hydrogen) atoms. The van der Waals surface area contributed by atoms with Crippen LogP contribution in [0.25, 0.3) is 0 Å². The van der Waals surface area contributed by atoms with Gasteiger partial charge in [0.2, 0.25) is 5.91 Å². The van der Waals surface area contributed by atoms with Crippen molar-refractivity contribution >= 4 is 23.2 Å². The molecular formula is C15H13ClN2O. The number of nitrogens with one attached hydrogen (secondary N) is 2. The first-order valence-corrected chi connectivity index (χ1v) is 6.49. The Morgan fingerprint density at radius 3 is 2.68 bits per heavy atom. The quantitative estimate of drug-likeness (QED) is 0.838. The molecule has 3 rings (SSSR count). The smallest absolute Gasteiger partial charge is 0.238 e. The van der Waals surface area contributed by atoms with E-state index in [9.17, 15) is 4.79 Å². The van der Waals surface area contributed by atoms with Crippen LogP contribution in [0.1, 0.15) is 17.2 Å². The van der Waals surface area contributed by atoms with Gasteiger partial charge in [0.25, 0.3) is 0 Å². The van der Waals surface area contributed by atoms with E-state index in [0.29, 0.717) is 5.02 Å².